The minimum absolute atomic E-state index is 0.0362. The molecule has 170 valence electrons. The number of hydrogen-bond donors (Lipinski definition) is 1. The molecule has 32 heavy (non-hydrogen) atoms. The first-order valence-electron chi connectivity index (χ1n) is 10.6. The number of nitrogens with zero attached hydrogens (tertiary/aromatic N) is 2. The Bertz CT molecular complexity index is 941. The number of amides is 2. The van der Waals surface area contributed by atoms with Gasteiger partial charge in [0.1, 0.15) is 11.5 Å². The van der Waals surface area contributed by atoms with Crippen LogP contribution in [0.25, 0.3) is 0 Å². The van der Waals surface area contributed by atoms with Gasteiger partial charge in [0.2, 0.25) is 0 Å². The molecule has 1 aliphatic heterocycles. The van der Waals surface area contributed by atoms with Gasteiger partial charge in [-0.2, -0.15) is 0 Å². The molecule has 0 bridgehead atoms. The lowest BCUT2D eigenvalue weighted by atomic mass is 10.0. The largest absolute Gasteiger partial charge is 0.484 e. The third kappa shape index (κ3) is 6.19. The van der Waals surface area contributed by atoms with Crippen molar-refractivity contribution >= 4 is 17.5 Å². The van der Waals surface area contributed by atoms with E-state index in [4.69, 9.17) is 9.47 Å². The molecule has 0 aromatic heterocycles. The number of non-ortho nitro benzene ring substituents is 1. The van der Waals surface area contributed by atoms with Crippen LogP contribution >= 0.6 is 0 Å². The quantitative estimate of drug-likeness (QED) is 0.448. The zero-order valence-electron chi connectivity index (χ0n) is 18.0. The summed E-state index contributed by atoms with van der Waals surface area (Å²) in [5.41, 5.74) is 0.737. The average Bonchev–Trinajstić information content (AvgIpc) is 3.35. The lowest BCUT2D eigenvalue weighted by Crippen LogP contribution is -2.34. The van der Waals surface area contributed by atoms with Crippen molar-refractivity contribution in [3.05, 3.63) is 64.2 Å². The summed E-state index contributed by atoms with van der Waals surface area (Å²) in [6.45, 7) is 3.21. The number of benzene rings is 2. The van der Waals surface area contributed by atoms with Crippen molar-refractivity contribution in [2.24, 2.45) is 0 Å². The molecule has 0 saturated carbocycles. The van der Waals surface area contributed by atoms with Gasteiger partial charge in [0.05, 0.1) is 11.0 Å². The van der Waals surface area contributed by atoms with Crippen LogP contribution in [0.15, 0.2) is 48.5 Å². The van der Waals surface area contributed by atoms with Gasteiger partial charge in [0.15, 0.2) is 13.2 Å². The van der Waals surface area contributed by atoms with Crippen LogP contribution in [-0.2, 0) is 9.59 Å². The van der Waals surface area contributed by atoms with Gasteiger partial charge < -0.3 is 19.7 Å². The van der Waals surface area contributed by atoms with E-state index in [2.05, 4.69) is 5.32 Å². The molecule has 1 unspecified atom stereocenters. The molecule has 2 amide bonds. The molecule has 3 rings (SSSR count). The Morgan fingerprint density at radius 2 is 1.75 bits per heavy atom. The van der Waals surface area contributed by atoms with Crippen LogP contribution in [0.2, 0.25) is 0 Å². The fourth-order valence-electron chi connectivity index (χ4n) is 3.55. The highest BCUT2D eigenvalue weighted by Gasteiger charge is 2.21. The van der Waals surface area contributed by atoms with E-state index in [1.165, 1.54) is 24.3 Å². The second-order valence-corrected chi connectivity index (χ2v) is 7.48. The van der Waals surface area contributed by atoms with Crippen LogP contribution < -0.4 is 14.8 Å². The van der Waals surface area contributed by atoms with Gasteiger partial charge in [-0.1, -0.05) is 25.1 Å². The summed E-state index contributed by atoms with van der Waals surface area (Å²) in [5.74, 6) is 0.551. The highest BCUT2D eigenvalue weighted by molar-refractivity contribution is 5.79. The van der Waals surface area contributed by atoms with Gasteiger partial charge in [-0.3, -0.25) is 19.7 Å². The van der Waals surface area contributed by atoms with Gasteiger partial charge in [0.25, 0.3) is 17.5 Å². The van der Waals surface area contributed by atoms with Crippen molar-refractivity contribution < 1.29 is 24.0 Å². The fourth-order valence-corrected chi connectivity index (χ4v) is 3.55. The minimum Gasteiger partial charge on any atom is -0.484 e. The molecule has 2 aromatic carbocycles. The number of carbonyl (C=O) groups excluding carboxylic acids is 2. The van der Waals surface area contributed by atoms with E-state index in [0.717, 1.165) is 31.5 Å². The predicted molar refractivity (Wildman–Crippen MR) is 118 cm³/mol. The summed E-state index contributed by atoms with van der Waals surface area (Å²) < 4.78 is 11.2. The topological polar surface area (TPSA) is 111 Å². The lowest BCUT2D eigenvalue weighted by molar-refractivity contribution is -0.384. The Balaban J connectivity index is 1.56. The van der Waals surface area contributed by atoms with Gasteiger partial charge >= 0.3 is 0 Å². The number of carbonyl (C=O) groups is 2. The second kappa shape index (κ2) is 11.1. The Morgan fingerprint density at radius 1 is 1.06 bits per heavy atom. The summed E-state index contributed by atoms with van der Waals surface area (Å²) in [6.07, 6.45) is 2.66. The van der Waals surface area contributed by atoms with Crippen molar-refractivity contribution in [2.45, 2.75) is 32.2 Å². The summed E-state index contributed by atoms with van der Waals surface area (Å²) in [4.78, 5) is 36.8. The van der Waals surface area contributed by atoms with Crippen LogP contribution in [0.4, 0.5) is 5.69 Å². The number of rotatable bonds is 10. The maximum Gasteiger partial charge on any atom is 0.269 e. The van der Waals surface area contributed by atoms with E-state index in [9.17, 15) is 19.7 Å². The van der Waals surface area contributed by atoms with E-state index in [1.54, 1.807) is 11.0 Å². The third-order valence-corrected chi connectivity index (χ3v) is 5.27. The van der Waals surface area contributed by atoms with Crippen molar-refractivity contribution in [2.75, 3.05) is 26.3 Å². The Hall–Kier alpha value is -3.62. The summed E-state index contributed by atoms with van der Waals surface area (Å²) in [7, 11) is 0. The Kier molecular flexibility index (Phi) is 8.02. The average molecular weight is 441 g/mol. The molecule has 1 saturated heterocycles. The maximum absolute atomic E-state index is 12.4. The maximum atomic E-state index is 12.4. The van der Waals surface area contributed by atoms with E-state index >= 15 is 0 Å². The first-order valence-corrected chi connectivity index (χ1v) is 10.6. The van der Waals surface area contributed by atoms with E-state index in [1.807, 2.05) is 25.1 Å². The number of nitrogens with one attached hydrogen (secondary N) is 1. The molecular weight excluding hydrogens is 414 g/mol. The number of likely N-dealkylation sites (tertiary alicyclic amines) is 1. The van der Waals surface area contributed by atoms with Crippen molar-refractivity contribution in [3.63, 3.8) is 0 Å². The molecule has 9 nitrogen and oxygen atoms in total. The van der Waals surface area contributed by atoms with Gasteiger partial charge in [0, 0.05) is 30.8 Å². The normalized spacial score (nSPS) is 14.0. The number of para-hydroxylation sites is 1. The lowest BCUT2D eigenvalue weighted by Gasteiger charge is -2.21. The highest BCUT2D eigenvalue weighted by atomic mass is 16.6. The molecular formula is C23H27N3O6. The fraction of sp³-hybridized carbons (Fsp3) is 0.391. The number of nitro groups is 1. The number of ether oxygens (including phenoxy) is 2. The van der Waals surface area contributed by atoms with Crippen molar-refractivity contribution in [3.8, 4) is 11.5 Å². The van der Waals surface area contributed by atoms with Crippen molar-refractivity contribution in [1.82, 2.24) is 10.2 Å². The third-order valence-electron chi connectivity index (χ3n) is 5.27. The first-order chi connectivity index (χ1) is 15.5. The first kappa shape index (κ1) is 23.1. The van der Waals surface area contributed by atoms with Crippen LogP contribution in [0, 0.1) is 10.1 Å². The smallest absolute Gasteiger partial charge is 0.269 e. The van der Waals surface area contributed by atoms with Gasteiger partial charge in [-0.05, 0) is 37.5 Å². The summed E-state index contributed by atoms with van der Waals surface area (Å²) >= 11 is 0. The molecule has 1 N–H and O–H groups in total. The second-order valence-electron chi connectivity index (χ2n) is 7.48. The Morgan fingerprint density at radius 3 is 2.41 bits per heavy atom. The SMILES string of the molecule is CCC(NC(=O)COc1ccc([N+](=O)[O-])cc1)c1ccccc1OCC(=O)N1CCCC1. The molecule has 0 radical (unpaired) electrons. The molecule has 1 atom stereocenters. The van der Waals surface area contributed by atoms with Gasteiger partial charge in [-0.25, -0.2) is 0 Å². The molecule has 0 spiro atoms. The van der Waals surface area contributed by atoms with Crippen LogP contribution in [-0.4, -0.2) is 47.9 Å². The zero-order chi connectivity index (χ0) is 22.9. The van der Waals surface area contributed by atoms with E-state index in [-0.39, 0.29) is 36.8 Å². The van der Waals surface area contributed by atoms with Crippen LogP contribution in [0.5, 0.6) is 11.5 Å². The molecule has 0 aliphatic carbocycles. The monoisotopic (exact) mass is 441 g/mol. The molecule has 9 heteroatoms. The van der Waals surface area contributed by atoms with Gasteiger partial charge in [-0.15, -0.1) is 0 Å². The van der Waals surface area contributed by atoms with E-state index in [0.29, 0.717) is 17.9 Å². The molecule has 2 aromatic rings. The number of hydrogen-bond acceptors (Lipinski definition) is 6. The van der Waals surface area contributed by atoms with E-state index < -0.39 is 4.92 Å². The molecule has 1 aliphatic rings. The predicted octanol–water partition coefficient (Wildman–Crippen LogP) is 3.24. The summed E-state index contributed by atoms with van der Waals surface area (Å²) in [6, 6.07) is 12.5. The van der Waals surface area contributed by atoms with Crippen LogP contribution in [0.3, 0.4) is 0 Å². The molecule has 1 heterocycles. The van der Waals surface area contributed by atoms with Crippen LogP contribution in [0.1, 0.15) is 37.8 Å². The highest BCUT2D eigenvalue weighted by Crippen LogP contribution is 2.27. The van der Waals surface area contributed by atoms with Crippen molar-refractivity contribution in [1.29, 1.82) is 0 Å². The minimum atomic E-state index is -0.499. The number of nitro benzene ring substituents is 1. The zero-order valence-corrected chi connectivity index (χ0v) is 18.0. The standard InChI is InChI=1S/C23H27N3O6/c1-2-20(24-22(27)15-31-18-11-9-17(10-12-18)26(29)30)19-7-3-4-8-21(19)32-16-23(28)25-13-5-6-14-25/h3-4,7-12,20H,2,5-6,13-16H2,1H3,(H,24,27). The summed E-state index contributed by atoms with van der Waals surface area (Å²) in [5, 5.41) is 13.6. The molecule has 1 fully saturated rings. The Labute approximate surface area is 186 Å².